The Labute approximate surface area is 94.6 Å². The number of rotatable bonds is 5. The van der Waals surface area contributed by atoms with Crippen LogP contribution in [-0.4, -0.2) is 34.4 Å². The van der Waals surface area contributed by atoms with Crippen LogP contribution < -0.4 is 5.32 Å². The highest BCUT2D eigenvalue weighted by Crippen LogP contribution is 2.28. The lowest BCUT2D eigenvalue weighted by Crippen LogP contribution is -2.23. The average Bonchev–Trinajstić information content (AvgIpc) is 2.26. The fourth-order valence-corrected chi connectivity index (χ4v) is 1.16. The first-order chi connectivity index (χ1) is 7.95. The number of hydrogen-bond donors (Lipinski definition) is 3. The minimum atomic E-state index is -1.20. The van der Waals surface area contributed by atoms with Crippen molar-refractivity contribution in [3.05, 3.63) is 33.9 Å². The van der Waals surface area contributed by atoms with Gasteiger partial charge < -0.3 is 15.5 Å². The molecule has 0 amide bonds. The molecular weight excluding hydrogens is 238 g/mol. The van der Waals surface area contributed by atoms with E-state index in [4.69, 9.17) is 10.2 Å². The number of aliphatic hydroxyl groups is 2. The molecule has 6 nitrogen and oxygen atoms in total. The third kappa shape index (κ3) is 3.33. The zero-order valence-electron chi connectivity index (χ0n) is 8.56. The van der Waals surface area contributed by atoms with E-state index in [9.17, 15) is 18.9 Å². The van der Waals surface area contributed by atoms with Crippen LogP contribution in [0, 0.1) is 21.7 Å². The number of halogens is 2. The van der Waals surface area contributed by atoms with E-state index in [2.05, 4.69) is 5.32 Å². The maximum atomic E-state index is 13.3. The lowest BCUT2D eigenvalue weighted by molar-refractivity contribution is -0.384. The van der Waals surface area contributed by atoms with Crippen molar-refractivity contribution in [1.29, 1.82) is 0 Å². The monoisotopic (exact) mass is 248 g/mol. The molecule has 0 heterocycles. The van der Waals surface area contributed by atoms with Crippen LogP contribution in [0.4, 0.5) is 20.2 Å². The molecule has 0 bridgehead atoms. The van der Waals surface area contributed by atoms with Gasteiger partial charge in [-0.25, -0.2) is 8.78 Å². The normalized spacial score (nSPS) is 12.2. The summed E-state index contributed by atoms with van der Waals surface area (Å²) in [5.41, 5.74) is -1.29. The van der Waals surface area contributed by atoms with E-state index in [0.29, 0.717) is 12.1 Å². The van der Waals surface area contributed by atoms with Crippen LogP contribution in [0.15, 0.2) is 12.1 Å². The van der Waals surface area contributed by atoms with E-state index in [1.54, 1.807) is 0 Å². The van der Waals surface area contributed by atoms with Crippen LogP contribution in [0.5, 0.6) is 0 Å². The predicted molar refractivity (Wildman–Crippen MR) is 54.6 cm³/mol. The lowest BCUT2D eigenvalue weighted by atomic mass is 10.2. The van der Waals surface area contributed by atoms with Gasteiger partial charge in [-0.3, -0.25) is 10.1 Å². The third-order valence-electron chi connectivity index (χ3n) is 1.96. The highest BCUT2D eigenvalue weighted by atomic mass is 19.1. The summed E-state index contributed by atoms with van der Waals surface area (Å²) in [5.74, 6) is -2.20. The Morgan fingerprint density at radius 1 is 1.47 bits per heavy atom. The first-order valence-corrected chi connectivity index (χ1v) is 4.62. The summed E-state index contributed by atoms with van der Waals surface area (Å²) in [6.07, 6.45) is -1.20. The maximum Gasteiger partial charge on any atom is 0.298 e. The molecule has 0 aliphatic carbocycles. The number of nitro benzene ring substituents is 1. The molecule has 1 aromatic rings. The van der Waals surface area contributed by atoms with Crippen LogP contribution in [0.1, 0.15) is 0 Å². The minimum Gasteiger partial charge on any atom is -0.394 e. The van der Waals surface area contributed by atoms with Crippen molar-refractivity contribution in [2.24, 2.45) is 0 Å². The molecule has 8 heteroatoms. The number of anilines is 1. The van der Waals surface area contributed by atoms with Crippen molar-refractivity contribution < 1.29 is 23.9 Å². The van der Waals surface area contributed by atoms with Crippen molar-refractivity contribution in [2.45, 2.75) is 6.10 Å². The van der Waals surface area contributed by atoms with Gasteiger partial charge in [-0.1, -0.05) is 0 Å². The van der Waals surface area contributed by atoms with Crippen LogP contribution in [0.25, 0.3) is 0 Å². The van der Waals surface area contributed by atoms with E-state index >= 15 is 0 Å². The van der Waals surface area contributed by atoms with Crippen molar-refractivity contribution in [2.75, 3.05) is 18.5 Å². The van der Waals surface area contributed by atoms with Crippen LogP contribution in [0.3, 0.4) is 0 Å². The van der Waals surface area contributed by atoms with Crippen molar-refractivity contribution in [3.63, 3.8) is 0 Å². The van der Waals surface area contributed by atoms with Gasteiger partial charge >= 0.3 is 0 Å². The van der Waals surface area contributed by atoms with Gasteiger partial charge in [0.25, 0.3) is 5.69 Å². The van der Waals surface area contributed by atoms with Gasteiger partial charge in [0.15, 0.2) is 5.82 Å². The van der Waals surface area contributed by atoms with E-state index in [1.165, 1.54) is 0 Å². The van der Waals surface area contributed by atoms with Gasteiger partial charge in [0.2, 0.25) is 0 Å². The summed E-state index contributed by atoms with van der Waals surface area (Å²) in [5, 5.41) is 30.4. The SMILES string of the molecule is O=[N+]([O-])c1cc(F)cc(F)c1NCC(O)CO. The number of nitro groups is 1. The number of nitrogens with zero attached hydrogens (tertiary/aromatic N) is 1. The van der Waals surface area contributed by atoms with Crippen LogP contribution in [-0.2, 0) is 0 Å². The minimum absolute atomic E-state index is 0.292. The second-order valence-corrected chi connectivity index (χ2v) is 3.26. The Balaban J connectivity index is 3.00. The Morgan fingerprint density at radius 3 is 2.65 bits per heavy atom. The van der Waals surface area contributed by atoms with Gasteiger partial charge in [0, 0.05) is 12.6 Å². The molecule has 94 valence electrons. The second kappa shape index (κ2) is 5.51. The summed E-state index contributed by atoms with van der Waals surface area (Å²) in [7, 11) is 0. The Bertz CT molecular complexity index is 428. The number of aliphatic hydroxyl groups excluding tert-OH is 2. The van der Waals surface area contributed by atoms with Gasteiger partial charge in [0.05, 0.1) is 23.7 Å². The van der Waals surface area contributed by atoms with Gasteiger partial charge in [0.1, 0.15) is 11.5 Å². The largest absolute Gasteiger partial charge is 0.394 e. The van der Waals surface area contributed by atoms with Crippen LogP contribution >= 0.6 is 0 Å². The molecule has 0 aromatic heterocycles. The van der Waals surface area contributed by atoms with E-state index < -0.39 is 40.6 Å². The first kappa shape index (κ1) is 13.3. The smallest absolute Gasteiger partial charge is 0.298 e. The molecule has 1 aromatic carbocycles. The maximum absolute atomic E-state index is 13.3. The molecular formula is C9H10F2N2O4. The molecule has 1 atom stereocenters. The van der Waals surface area contributed by atoms with Gasteiger partial charge in [-0.05, 0) is 0 Å². The molecule has 3 N–H and O–H groups in total. The standard InChI is InChI=1S/C9H10F2N2O4/c10-5-1-7(11)9(8(2-5)13(16)17)12-3-6(15)4-14/h1-2,6,12,14-15H,3-4H2. The second-order valence-electron chi connectivity index (χ2n) is 3.26. The Hall–Kier alpha value is -1.80. The molecule has 17 heavy (non-hydrogen) atoms. The molecule has 0 aliphatic rings. The van der Waals surface area contributed by atoms with Crippen molar-refractivity contribution in [1.82, 2.24) is 0 Å². The first-order valence-electron chi connectivity index (χ1n) is 4.62. The van der Waals surface area contributed by atoms with E-state index in [-0.39, 0.29) is 6.54 Å². The molecule has 0 fully saturated rings. The van der Waals surface area contributed by atoms with E-state index in [1.807, 2.05) is 0 Å². The summed E-state index contributed by atoms with van der Waals surface area (Å²) in [4.78, 5) is 9.62. The number of hydrogen-bond acceptors (Lipinski definition) is 5. The molecule has 0 saturated heterocycles. The van der Waals surface area contributed by atoms with Gasteiger partial charge in [-0.2, -0.15) is 0 Å². The van der Waals surface area contributed by atoms with Crippen molar-refractivity contribution in [3.8, 4) is 0 Å². The number of nitrogens with one attached hydrogen (secondary N) is 1. The van der Waals surface area contributed by atoms with Gasteiger partial charge in [-0.15, -0.1) is 0 Å². The van der Waals surface area contributed by atoms with Crippen molar-refractivity contribution >= 4 is 11.4 Å². The summed E-state index contributed by atoms with van der Waals surface area (Å²) < 4.78 is 26.0. The summed E-state index contributed by atoms with van der Waals surface area (Å²) in [6.45, 7) is -0.872. The zero-order valence-corrected chi connectivity index (χ0v) is 8.56. The zero-order chi connectivity index (χ0) is 13.0. The molecule has 1 rings (SSSR count). The quantitative estimate of drug-likeness (QED) is 0.525. The molecule has 0 spiro atoms. The fraction of sp³-hybridized carbons (Fsp3) is 0.333. The number of benzene rings is 1. The topological polar surface area (TPSA) is 95.6 Å². The molecule has 1 unspecified atom stereocenters. The molecule has 0 saturated carbocycles. The molecule has 0 radical (unpaired) electrons. The van der Waals surface area contributed by atoms with Crippen LogP contribution in [0.2, 0.25) is 0 Å². The lowest BCUT2D eigenvalue weighted by Gasteiger charge is -2.11. The predicted octanol–water partition coefficient (Wildman–Crippen LogP) is 0.638. The average molecular weight is 248 g/mol. The fourth-order valence-electron chi connectivity index (χ4n) is 1.16. The summed E-state index contributed by atoms with van der Waals surface area (Å²) in [6, 6.07) is 1.05. The highest BCUT2D eigenvalue weighted by molar-refractivity contribution is 5.62. The summed E-state index contributed by atoms with van der Waals surface area (Å²) >= 11 is 0. The Kier molecular flexibility index (Phi) is 4.30. The third-order valence-corrected chi connectivity index (χ3v) is 1.96. The molecule has 0 aliphatic heterocycles. The Morgan fingerprint density at radius 2 is 2.12 bits per heavy atom. The highest BCUT2D eigenvalue weighted by Gasteiger charge is 2.20. The van der Waals surface area contributed by atoms with E-state index in [0.717, 1.165) is 0 Å².